The molecule has 0 aliphatic carbocycles. The Morgan fingerprint density at radius 2 is 1.91 bits per heavy atom. The molecule has 0 fully saturated rings. The van der Waals surface area contributed by atoms with Crippen LogP contribution in [0.5, 0.6) is 0 Å². The minimum atomic E-state index is -0.344. The van der Waals surface area contributed by atoms with Crippen molar-refractivity contribution < 1.29 is 9.53 Å². The molecule has 4 nitrogen and oxygen atoms in total. The van der Waals surface area contributed by atoms with Crippen LogP contribution in [0.15, 0.2) is 48.5 Å². The highest BCUT2D eigenvalue weighted by atomic mass is 32.1. The quantitative estimate of drug-likeness (QED) is 0.660. The molecule has 0 spiro atoms. The van der Waals surface area contributed by atoms with Gasteiger partial charge in [-0.3, -0.25) is 0 Å². The topological polar surface area (TPSA) is 50.4 Å². The van der Waals surface area contributed by atoms with Gasteiger partial charge in [0, 0.05) is 11.4 Å². The Morgan fingerprint density at radius 1 is 1.14 bits per heavy atom. The molecule has 0 saturated carbocycles. The summed E-state index contributed by atoms with van der Waals surface area (Å²) >= 11 is 5.30. The number of aryl methyl sites for hydroxylation is 1. The van der Waals surface area contributed by atoms with Crippen molar-refractivity contribution in [2.45, 2.75) is 13.8 Å². The zero-order valence-corrected chi connectivity index (χ0v) is 13.4. The van der Waals surface area contributed by atoms with Crippen LogP contribution in [0.3, 0.4) is 0 Å². The van der Waals surface area contributed by atoms with E-state index in [1.165, 1.54) is 0 Å². The molecular weight excluding hydrogens is 296 g/mol. The molecule has 2 aromatic rings. The minimum Gasteiger partial charge on any atom is -0.462 e. The van der Waals surface area contributed by atoms with Gasteiger partial charge in [0.2, 0.25) is 0 Å². The fourth-order valence-corrected chi connectivity index (χ4v) is 2.16. The predicted molar refractivity (Wildman–Crippen MR) is 93.4 cm³/mol. The lowest BCUT2D eigenvalue weighted by Crippen LogP contribution is -2.19. The van der Waals surface area contributed by atoms with Crippen LogP contribution >= 0.6 is 12.2 Å². The van der Waals surface area contributed by atoms with Crippen molar-refractivity contribution in [1.29, 1.82) is 0 Å². The molecule has 114 valence electrons. The number of hydrogen-bond acceptors (Lipinski definition) is 3. The van der Waals surface area contributed by atoms with Crippen molar-refractivity contribution in [3.05, 3.63) is 59.7 Å². The molecule has 0 aliphatic rings. The standard InChI is InChI=1S/C17H18N2O2S/c1-3-21-16(20)13-8-6-9-14(11-13)18-17(22)19-15-10-5-4-7-12(15)2/h4-11H,3H2,1-2H3,(H2,18,19,22). The predicted octanol–water partition coefficient (Wildman–Crippen LogP) is 3.98. The van der Waals surface area contributed by atoms with Crippen molar-refractivity contribution in [3.8, 4) is 0 Å². The van der Waals surface area contributed by atoms with Gasteiger partial charge in [-0.2, -0.15) is 0 Å². The SMILES string of the molecule is CCOC(=O)c1cccc(NC(=S)Nc2ccccc2C)c1. The third-order valence-electron chi connectivity index (χ3n) is 3.02. The van der Waals surface area contributed by atoms with Crippen molar-refractivity contribution in [2.75, 3.05) is 17.2 Å². The molecule has 0 unspecified atom stereocenters. The Balaban J connectivity index is 2.04. The lowest BCUT2D eigenvalue weighted by atomic mass is 10.2. The third-order valence-corrected chi connectivity index (χ3v) is 3.23. The first-order chi connectivity index (χ1) is 10.6. The fraction of sp³-hybridized carbons (Fsp3) is 0.176. The number of thiocarbonyl (C=S) groups is 1. The van der Waals surface area contributed by atoms with Gasteiger partial charge in [-0.05, 0) is 55.9 Å². The van der Waals surface area contributed by atoms with Gasteiger partial charge in [0.25, 0.3) is 0 Å². The Hall–Kier alpha value is -2.40. The summed E-state index contributed by atoms with van der Waals surface area (Å²) in [6, 6.07) is 14.9. The van der Waals surface area contributed by atoms with Crippen LogP contribution in [0.1, 0.15) is 22.8 Å². The van der Waals surface area contributed by atoms with Gasteiger partial charge in [-0.1, -0.05) is 24.3 Å². The molecule has 0 aliphatic heterocycles. The van der Waals surface area contributed by atoms with Gasteiger partial charge in [0.05, 0.1) is 12.2 Å². The number of para-hydroxylation sites is 1. The summed E-state index contributed by atoms with van der Waals surface area (Å²) < 4.78 is 4.98. The highest BCUT2D eigenvalue weighted by molar-refractivity contribution is 7.80. The molecule has 0 radical (unpaired) electrons. The number of nitrogens with one attached hydrogen (secondary N) is 2. The number of rotatable bonds is 4. The molecule has 2 aromatic carbocycles. The molecule has 5 heteroatoms. The molecule has 0 amide bonds. The van der Waals surface area contributed by atoms with Gasteiger partial charge < -0.3 is 15.4 Å². The summed E-state index contributed by atoms with van der Waals surface area (Å²) in [7, 11) is 0. The van der Waals surface area contributed by atoms with Crippen molar-refractivity contribution in [1.82, 2.24) is 0 Å². The smallest absolute Gasteiger partial charge is 0.338 e. The van der Waals surface area contributed by atoms with Crippen LogP contribution in [0, 0.1) is 6.92 Å². The van der Waals surface area contributed by atoms with Crippen molar-refractivity contribution in [2.24, 2.45) is 0 Å². The Kier molecular flexibility index (Phi) is 5.49. The van der Waals surface area contributed by atoms with E-state index in [-0.39, 0.29) is 5.97 Å². The van der Waals surface area contributed by atoms with Gasteiger partial charge in [0.1, 0.15) is 0 Å². The van der Waals surface area contributed by atoms with E-state index in [1.807, 2.05) is 37.3 Å². The zero-order valence-electron chi connectivity index (χ0n) is 12.6. The van der Waals surface area contributed by atoms with Crippen molar-refractivity contribution in [3.63, 3.8) is 0 Å². The van der Waals surface area contributed by atoms with Gasteiger partial charge in [-0.15, -0.1) is 0 Å². The van der Waals surface area contributed by atoms with E-state index < -0.39 is 0 Å². The van der Waals surface area contributed by atoms with Crippen LogP contribution in [-0.2, 0) is 4.74 Å². The van der Waals surface area contributed by atoms with E-state index in [1.54, 1.807) is 25.1 Å². The summed E-state index contributed by atoms with van der Waals surface area (Å²) in [4.78, 5) is 11.7. The van der Waals surface area contributed by atoms with E-state index in [0.717, 1.165) is 16.9 Å². The fourth-order valence-electron chi connectivity index (χ4n) is 1.94. The maximum absolute atomic E-state index is 11.7. The first-order valence-corrected chi connectivity index (χ1v) is 7.42. The highest BCUT2D eigenvalue weighted by Crippen LogP contribution is 2.15. The second kappa shape index (κ2) is 7.56. The first-order valence-electron chi connectivity index (χ1n) is 7.01. The van der Waals surface area contributed by atoms with Crippen LogP contribution in [0.2, 0.25) is 0 Å². The number of carbonyl (C=O) groups is 1. The molecule has 22 heavy (non-hydrogen) atoms. The minimum absolute atomic E-state index is 0.344. The molecule has 0 heterocycles. The Bertz CT molecular complexity index is 686. The van der Waals surface area contributed by atoms with Crippen LogP contribution in [-0.4, -0.2) is 17.7 Å². The summed E-state index contributed by atoms with van der Waals surface area (Å²) in [6.07, 6.45) is 0. The van der Waals surface area contributed by atoms with Gasteiger partial charge >= 0.3 is 5.97 Å². The summed E-state index contributed by atoms with van der Waals surface area (Å²) in [5.74, 6) is -0.344. The highest BCUT2D eigenvalue weighted by Gasteiger charge is 2.07. The number of ether oxygens (including phenoxy) is 1. The summed E-state index contributed by atoms with van der Waals surface area (Å²) in [5.41, 5.74) is 3.27. The van der Waals surface area contributed by atoms with E-state index in [0.29, 0.717) is 17.3 Å². The monoisotopic (exact) mass is 314 g/mol. The van der Waals surface area contributed by atoms with E-state index >= 15 is 0 Å². The largest absolute Gasteiger partial charge is 0.462 e. The number of benzene rings is 2. The number of esters is 1. The zero-order chi connectivity index (χ0) is 15.9. The number of hydrogen-bond donors (Lipinski definition) is 2. The van der Waals surface area contributed by atoms with E-state index in [9.17, 15) is 4.79 Å². The van der Waals surface area contributed by atoms with Crippen LogP contribution < -0.4 is 10.6 Å². The second-order valence-electron chi connectivity index (χ2n) is 4.70. The average Bonchev–Trinajstić information content (AvgIpc) is 2.50. The number of anilines is 2. The van der Waals surface area contributed by atoms with Gasteiger partial charge in [0.15, 0.2) is 5.11 Å². The van der Waals surface area contributed by atoms with Crippen LogP contribution in [0.25, 0.3) is 0 Å². The van der Waals surface area contributed by atoms with E-state index in [4.69, 9.17) is 17.0 Å². The third kappa shape index (κ3) is 4.30. The lowest BCUT2D eigenvalue weighted by molar-refractivity contribution is 0.0526. The normalized spacial score (nSPS) is 9.91. The maximum Gasteiger partial charge on any atom is 0.338 e. The molecule has 0 bridgehead atoms. The second-order valence-corrected chi connectivity index (χ2v) is 5.10. The summed E-state index contributed by atoms with van der Waals surface area (Å²) in [5, 5.41) is 6.67. The molecule has 2 rings (SSSR count). The Labute approximate surface area is 135 Å². The molecular formula is C17H18N2O2S. The molecule has 0 atom stereocenters. The average molecular weight is 314 g/mol. The molecule has 0 saturated heterocycles. The van der Waals surface area contributed by atoms with Crippen LogP contribution in [0.4, 0.5) is 11.4 Å². The first kappa shape index (κ1) is 16.0. The van der Waals surface area contributed by atoms with Crippen molar-refractivity contribution >= 4 is 34.7 Å². The number of carbonyl (C=O) groups excluding carboxylic acids is 1. The summed E-state index contributed by atoms with van der Waals surface area (Å²) in [6.45, 7) is 4.14. The molecule has 2 N–H and O–H groups in total. The Morgan fingerprint density at radius 3 is 2.64 bits per heavy atom. The maximum atomic E-state index is 11.7. The van der Waals surface area contributed by atoms with Gasteiger partial charge in [-0.25, -0.2) is 4.79 Å². The lowest BCUT2D eigenvalue weighted by Gasteiger charge is -2.13. The molecule has 0 aromatic heterocycles. The van der Waals surface area contributed by atoms with E-state index in [2.05, 4.69) is 10.6 Å².